The van der Waals surface area contributed by atoms with E-state index in [2.05, 4.69) is 15.6 Å². The average Bonchev–Trinajstić information content (AvgIpc) is 3.34. The van der Waals surface area contributed by atoms with Gasteiger partial charge in [0.05, 0.1) is 6.20 Å². The van der Waals surface area contributed by atoms with Gasteiger partial charge in [0.15, 0.2) is 0 Å². The molecule has 0 radical (unpaired) electrons. The van der Waals surface area contributed by atoms with Gasteiger partial charge in [-0.05, 0) is 49.6 Å². The molecule has 3 N–H and O–H groups in total. The molecule has 0 spiro atoms. The van der Waals surface area contributed by atoms with Crippen LogP contribution in [0.5, 0.6) is 5.75 Å². The molecule has 1 aliphatic carbocycles. The minimum atomic E-state index is -0.396. The summed E-state index contributed by atoms with van der Waals surface area (Å²) in [6.45, 7) is 1.85. The number of anilines is 1. The summed E-state index contributed by atoms with van der Waals surface area (Å²) in [4.78, 5) is 28.1. The number of carbonyl (C=O) groups is 2. The molecule has 1 fully saturated rings. The summed E-state index contributed by atoms with van der Waals surface area (Å²) in [5, 5.41) is 14.9. The summed E-state index contributed by atoms with van der Waals surface area (Å²) >= 11 is 0. The molecule has 1 saturated carbocycles. The van der Waals surface area contributed by atoms with Crippen LogP contribution in [0.2, 0.25) is 0 Å². The number of aryl methyl sites for hydroxylation is 1. The van der Waals surface area contributed by atoms with Gasteiger partial charge in [-0.3, -0.25) is 9.59 Å². The topological polar surface area (TPSA) is 91.3 Å². The van der Waals surface area contributed by atoms with Gasteiger partial charge in [0.2, 0.25) is 0 Å². The highest BCUT2D eigenvalue weighted by molar-refractivity contribution is 6.04. The van der Waals surface area contributed by atoms with Crippen molar-refractivity contribution in [3.05, 3.63) is 53.3 Å². The number of aromatic nitrogens is 1. The van der Waals surface area contributed by atoms with Gasteiger partial charge in [-0.1, -0.05) is 6.07 Å². The number of benzene rings is 1. The van der Waals surface area contributed by atoms with E-state index < -0.39 is 5.91 Å². The smallest absolute Gasteiger partial charge is 0.274 e. The summed E-state index contributed by atoms with van der Waals surface area (Å²) in [6.07, 6.45) is 3.25. The fourth-order valence-corrected chi connectivity index (χ4v) is 2.10. The van der Waals surface area contributed by atoms with E-state index in [0.29, 0.717) is 11.3 Å². The zero-order valence-electron chi connectivity index (χ0n) is 12.7. The van der Waals surface area contributed by atoms with Crippen molar-refractivity contribution in [1.29, 1.82) is 0 Å². The summed E-state index contributed by atoms with van der Waals surface area (Å²) in [6, 6.07) is 8.30. The first-order chi connectivity index (χ1) is 11.0. The van der Waals surface area contributed by atoms with Crippen molar-refractivity contribution >= 4 is 17.5 Å². The molecule has 23 heavy (non-hydrogen) atoms. The minimum Gasteiger partial charge on any atom is -0.506 e. The molecule has 3 rings (SSSR count). The van der Waals surface area contributed by atoms with E-state index >= 15 is 0 Å². The van der Waals surface area contributed by atoms with Crippen LogP contribution in [0.1, 0.15) is 39.3 Å². The van der Waals surface area contributed by atoms with E-state index in [1.165, 1.54) is 18.3 Å². The van der Waals surface area contributed by atoms with E-state index in [9.17, 15) is 14.7 Å². The second-order valence-corrected chi connectivity index (χ2v) is 5.63. The third kappa shape index (κ3) is 3.66. The van der Waals surface area contributed by atoms with Crippen LogP contribution in [0.15, 0.2) is 36.5 Å². The highest BCUT2D eigenvalue weighted by Gasteiger charge is 2.24. The van der Waals surface area contributed by atoms with Crippen LogP contribution >= 0.6 is 0 Å². The monoisotopic (exact) mass is 311 g/mol. The molecular weight excluding hydrogens is 294 g/mol. The predicted molar refractivity (Wildman–Crippen MR) is 85.5 cm³/mol. The molecule has 0 bridgehead atoms. The maximum atomic E-state index is 12.2. The normalized spacial score (nSPS) is 13.4. The molecule has 6 nitrogen and oxygen atoms in total. The Morgan fingerprint density at radius 2 is 1.96 bits per heavy atom. The number of carbonyl (C=O) groups excluding carboxylic acids is 2. The van der Waals surface area contributed by atoms with Crippen molar-refractivity contribution in [2.75, 3.05) is 5.32 Å². The molecule has 0 aliphatic heterocycles. The third-order valence-corrected chi connectivity index (χ3v) is 3.64. The van der Waals surface area contributed by atoms with Gasteiger partial charge in [0, 0.05) is 17.3 Å². The van der Waals surface area contributed by atoms with Gasteiger partial charge >= 0.3 is 0 Å². The molecule has 1 heterocycles. The van der Waals surface area contributed by atoms with Crippen molar-refractivity contribution < 1.29 is 14.7 Å². The van der Waals surface area contributed by atoms with Crippen molar-refractivity contribution in [3.63, 3.8) is 0 Å². The second-order valence-electron chi connectivity index (χ2n) is 5.63. The molecular formula is C17H17N3O3. The number of amides is 2. The first-order valence-corrected chi connectivity index (χ1v) is 7.41. The second kappa shape index (κ2) is 6.08. The number of hydrogen-bond acceptors (Lipinski definition) is 4. The molecule has 6 heteroatoms. The Balaban J connectivity index is 1.77. The lowest BCUT2D eigenvalue weighted by Crippen LogP contribution is -2.25. The predicted octanol–water partition coefficient (Wildman–Crippen LogP) is 2.24. The van der Waals surface area contributed by atoms with Crippen molar-refractivity contribution in [2.45, 2.75) is 25.8 Å². The van der Waals surface area contributed by atoms with Crippen LogP contribution in [-0.2, 0) is 0 Å². The third-order valence-electron chi connectivity index (χ3n) is 3.64. The molecule has 2 amide bonds. The van der Waals surface area contributed by atoms with E-state index in [-0.39, 0.29) is 23.4 Å². The number of pyridine rings is 1. The van der Waals surface area contributed by atoms with E-state index in [4.69, 9.17) is 0 Å². The zero-order valence-corrected chi connectivity index (χ0v) is 12.7. The van der Waals surface area contributed by atoms with Crippen molar-refractivity contribution in [3.8, 4) is 5.75 Å². The Hall–Kier alpha value is -2.89. The van der Waals surface area contributed by atoms with E-state index in [0.717, 1.165) is 18.4 Å². The van der Waals surface area contributed by atoms with Crippen LogP contribution < -0.4 is 10.6 Å². The largest absolute Gasteiger partial charge is 0.506 e. The number of rotatable bonds is 4. The Bertz CT molecular complexity index is 752. The fraction of sp³-hybridized carbons (Fsp3) is 0.235. The van der Waals surface area contributed by atoms with E-state index in [1.807, 2.05) is 6.92 Å². The highest BCUT2D eigenvalue weighted by atomic mass is 16.3. The van der Waals surface area contributed by atoms with Crippen LogP contribution in [0, 0.1) is 6.92 Å². The van der Waals surface area contributed by atoms with Crippen molar-refractivity contribution in [2.24, 2.45) is 0 Å². The number of aromatic hydroxyl groups is 1. The standard InChI is InChI=1S/C17H17N3O3/c1-10-2-3-11(16(22)19-12-4-5-12)8-15(10)20-17(23)14-7-6-13(21)9-18-14/h2-3,6-9,12,21H,4-5H2,1H3,(H,19,22)(H,20,23). The van der Waals surface area contributed by atoms with E-state index in [1.54, 1.807) is 18.2 Å². The number of nitrogens with zero attached hydrogens (tertiary/aromatic N) is 1. The van der Waals surface area contributed by atoms with Crippen LogP contribution in [-0.4, -0.2) is 27.9 Å². The van der Waals surface area contributed by atoms with Crippen molar-refractivity contribution in [1.82, 2.24) is 10.3 Å². The molecule has 1 aliphatic rings. The lowest BCUT2D eigenvalue weighted by atomic mass is 10.1. The first kappa shape index (κ1) is 15.0. The molecule has 1 aromatic carbocycles. The van der Waals surface area contributed by atoms with Gasteiger partial charge in [-0.2, -0.15) is 0 Å². The Morgan fingerprint density at radius 1 is 1.17 bits per heavy atom. The maximum Gasteiger partial charge on any atom is 0.274 e. The Labute approximate surface area is 133 Å². The summed E-state index contributed by atoms with van der Waals surface area (Å²) in [5.41, 5.74) is 2.11. The fourth-order valence-electron chi connectivity index (χ4n) is 2.10. The Kier molecular flexibility index (Phi) is 3.97. The minimum absolute atomic E-state index is 0.00326. The average molecular weight is 311 g/mol. The molecule has 0 unspecified atom stereocenters. The summed E-state index contributed by atoms with van der Waals surface area (Å²) < 4.78 is 0. The van der Waals surface area contributed by atoms with Gasteiger partial charge in [-0.15, -0.1) is 0 Å². The number of hydrogen-bond donors (Lipinski definition) is 3. The Morgan fingerprint density at radius 3 is 2.61 bits per heavy atom. The molecule has 2 aromatic rings. The molecule has 0 atom stereocenters. The lowest BCUT2D eigenvalue weighted by Gasteiger charge is -2.10. The van der Waals surface area contributed by atoms with Crippen LogP contribution in [0.4, 0.5) is 5.69 Å². The van der Waals surface area contributed by atoms with Gasteiger partial charge < -0.3 is 15.7 Å². The molecule has 1 aromatic heterocycles. The van der Waals surface area contributed by atoms with Gasteiger partial charge in [0.25, 0.3) is 11.8 Å². The summed E-state index contributed by atoms with van der Waals surface area (Å²) in [5.74, 6) is -0.532. The van der Waals surface area contributed by atoms with Gasteiger partial charge in [-0.25, -0.2) is 4.98 Å². The lowest BCUT2D eigenvalue weighted by molar-refractivity contribution is 0.0949. The van der Waals surface area contributed by atoms with Crippen LogP contribution in [0.3, 0.4) is 0 Å². The highest BCUT2D eigenvalue weighted by Crippen LogP contribution is 2.21. The zero-order chi connectivity index (χ0) is 16.4. The van der Waals surface area contributed by atoms with Gasteiger partial charge in [0.1, 0.15) is 11.4 Å². The molecule has 118 valence electrons. The summed E-state index contributed by atoms with van der Waals surface area (Å²) in [7, 11) is 0. The maximum absolute atomic E-state index is 12.2. The first-order valence-electron chi connectivity index (χ1n) is 7.41. The number of nitrogens with one attached hydrogen (secondary N) is 2. The van der Waals surface area contributed by atoms with Crippen LogP contribution in [0.25, 0.3) is 0 Å². The SMILES string of the molecule is Cc1ccc(C(=O)NC2CC2)cc1NC(=O)c1ccc(O)cn1. The quantitative estimate of drug-likeness (QED) is 0.807. The molecule has 0 saturated heterocycles.